The van der Waals surface area contributed by atoms with Crippen molar-refractivity contribution in [1.82, 2.24) is 5.32 Å². The Labute approximate surface area is 522 Å². The number of hydrogen-bond donors (Lipinski definition) is 12. The number of aliphatic hydroxyl groups is 11. The minimum atomic E-state index is -1.98. The van der Waals surface area contributed by atoms with Crippen molar-refractivity contribution in [2.24, 2.45) is 0 Å². The van der Waals surface area contributed by atoms with Gasteiger partial charge >= 0.3 is 0 Å². The van der Waals surface area contributed by atoms with Crippen molar-refractivity contribution in [3.63, 3.8) is 0 Å². The minimum absolute atomic E-state index is 0.225. The van der Waals surface area contributed by atoms with Gasteiger partial charge in [-0.1, -0.05) is 229 Å². The van der Waals surface area contributed by atoms with Gasteiger partial charge < -0.3 is 89.9 Å². The van der Waals surface area contributed by atoms with Crippen LogP contribution in [0.15, 0.2) is 60.8 Å². The molecule has 19 nitrogen and oxygen atoms in total. The average molecular weight is 1240 g/mol. The standard InChI is InChI=1S/C68H121NO18/c1-3-5-7-9-11-13-15-17-19-21-23-24-25-26-28-29-31-33-35-37-39-41-43-45-52(73)51(69-56(74)46-44-42-40-38-36-34-32-30-27-22-20-18-16-14-12-10-8-6-4-2)50-82-66-62(80)59(77)64(54(48-71)84-66)87-68-63(81)60(78)65(55(49-72)85-68)86-67-61(79)58(76)57(75)53(47-70)83-67/h6,8,12,14,18,20,27,30,43,45,51-55,57-68,70-73,75-81H,3-5,7,9-11,13,15-17,19,21-26,28-29,31-42,44,46-50H2,1-2H3,(H,69,74)/b8-6-,14-12-,20-18-,30-27-,45-43+. The SMILES string of the molecule is CC/C=C\C/C=C\C/C=C\C/C=C\CCCCCCCCC(=O)NC(COC1OC(CO)C(OC2OC(CO)C(OC3OC(CO)C(O)C(O)C3O)C(O)C2O)C(O)C1O)C(O)/C=C/CCCCCCCCCCCCCCCCCCCCCCC. The topological polar surface area (TPSA) is 307 Å². The molecule has 506 valence electrons. The van der Waals surface area contributed by atoms with Crippen LogP contribution in [0.1, 0.15) is 232 Å². The highest BCUT2D eigenvalue weighted by atomic mass is 16.8. The number of carbonyl (C=O) groups is 1. The van der Waals surface area contributed by atoms with E-state index in [-0.39, 0.29) is 18.9 Å². The van der Waals surface area contributed by atoms with Gasteiger partial charge in [-0.2, -0.15) is 0 Å². The first-order valence-corrected chi connectivity index (χ1v) is 34.0. The Morgan fingerprint density at radius 3 is 1.24 bits per heavy atom. The maximum atomic E-state index is 13.4. The van der Waals surface area contributed by atoms with Crippen molar-refractivity contribution in [2.75, 3.05) is 26.4 Å². The van der Waals surface area contributed by atoms with Crippen molar-refractivity contribution in [3.8, 4) is 0 Å². The molecule has 0 bridgehead atoms. The summed E-state index contributed by atoms with van der Waals surface area (Å²) in [7, 11) is 0. The number of nitrogens with one attached hydrogen (secondary N) is 1. The highest BCUT2D eigenvalue weighted by Crippen LogP contribution is 2.33. The second-order valence-corrected chi connectivity index (χ2v) is 24.3. The lowest BCUT2D eigenvalue weighted by molar-refractivity contribution is -0.379. The molecule has 17 unspecified atom stereocenters. The molecule has 19 heteroatoms. The van der Waals surface area contributed by atoms with Gasteiger partial charge in [-0.3, -0.25) is 4.79 Å². The smallest absolute Gasteiger partial charge is 0.220 e. The summed E-state index contributed by atoms with van der Waals surface area (Å²) in [6, 6.07) is -0.984. The van der Waals surface area contributed by atoms with Crippen molar-refractivity contribution >= 4 is 5.91 Å². The summed E-state index contributed by atoms with van der Waals surface area (Å²) in [5.41, 5.74) is 0. The van der Waals surface area contributed by atoms with E-state index >= 15 is 0 Å². The molecular formula is C68H121NO18. The van der Waals surface area contributed by atoms with Gasteiger partial charge in [-0.15, -0.1) is 0 Å². The molecule has 0 aromatic heterocycles. The summed E-state index contributed by atoms with van der Waals surface area (Å²) in [6.07, 6.45) is 33.3. The lowest BCUT2D eigenvalue weighted by Gasteiger charge is -2.48. The van der Waals surface area contributed by atoms with Gasteiger partial charge in [0.15, 0.2) is 18.9 Å². The normalized spacial score (nSPS) is 29.0. The molecule has 87 heavy (non-hydrogen) atoms. The van der Waals surface area contributed by atoms with Crippen molar-refractivity contribution in [2.45, 2.75) is 336 Å². The fraction of sp³-hybridized carbons (Fsp3) is 0.838. The van der Waals surface area contributed by atoms with Crippen molar-refractivity contribution in [1.29, 1.82) is 0 Å². The average Bonchev–Trinajstić information content (AvgIpc) is 2.87. The van der Waals surface area contributed by atoms with E-state index < -0.39 is 124 Å². The maximum absolute atomic E-state index is 13.4. The number of ether oxygens (including phenoxy) is 6. The van der Waals surface area contributed by atoms with Gasteiger partial charge in [-0.25, -0.2) is 0 Å². The highest BCUT2D eigenvalue weighted by Gasteiger charge is 2.53. The molecule has 3 heterocycles. The van der Waals surface area contributed by atoms with Crippen LogP contribution < -0.4 is 5.32 Å². The first-order chi connectivity index (χ1) is 42.3. The first-order valence-electron chi connectivity index (χ1n) is 34.0. The van der Waals surface area contributed by atoms with Crippen LogP contribution in [0.5, 0.6) is 0 Å². The molecule has 3 aliphatic rings. The monoisotopic (exact) mass is 1240 g/mol. The third-order valence-electron chi connectivity index (χ3n) is 16.8. The van der Waals surface area contributed by atoms with Crippen LogP contribution >= 0.6 is 0 Å². The third kappa shape index (κ3) is 32.6. The number of hydrogen-bond acceptors (Lipinski definition) is 18. The van der Waals surface area contributed by atoms with E-state index in [0.717, 1.165) is 89.9 Å². The van der Waals surface area contributed by atoms with E-state index in [1.807, 2.05) is 6.08 Å². The largest absolute Gasteiger partial charge is 0.394 e. The fourth-order valence-corrected chi connectivity index (χ4v) is 11.3. The fourth-order valence-electron chi connectivity index (χ4n) is 11.3. The van der Waals surface area contributed by atoms with Gasteiger partial charge in [0, 0.05) is 6.42 Å². The molecule has 0 spiro atoms. The van der Waals surface area contributed by atoms with E-state index in [9.17, 15) is 61.0 Å². The van der Waals surface area contributed by atoms with E-state index in [1.54, 1.807) is 6.08 Å². The van der Waals surface area contributed by atoms with Crippen molar-refractivity contribution in [3.05, 3.63) is 60.8 Å². The molecule has 12 N–H and O–H groups in total. The number of carbonyl (C=O) groups excluding carboxylic acids is 1. The predicted molar refractivity (Wildman–Crippen MR) is 337 cm³/mol. The first kappa shape index (κ1) is 78.7. The number of allylic oxidation sites excluding steroid dienone is 9. The molecule has 0 aromatic rings. The Morgan fingerprint density at radius 2 is 0.793 bits per heavy atom. The molecule has 3 saturated heterocycles. The maximum Gasteiger partial charge on any atom is 0.220 e. The lowest BCUT2D eigenvalue weighted by Crippen LogP contribution is -2.66. The quantitative estimate of drug-likeness (QED) is 0.0201. The number of aliphatic hydroxyl groups excluding tert-OH is 11. The van der Waals surface area contributed by atoms with Crippen LogP contribution in [0.3, 0.4) is 0 Å². The zero-order chi connectivity index (χ0) is 63.3. The van der Waals surface area contributed by atoms with Crippen LogP contribution in [-0.4, -0.2) is 193 Å². The zero-order valence-electron chi connectivity index (χ0n) is 53.2. The van der Waals surface area contributed by atoms with Crippen molar-refractivity contribution < 1.29 is 89.4 Å². The highest BCUT2D eigenvalue weighted by molar-refractivity contribution is 5.76. The van der Waals surface area contributed by atoms with E-state index in [0.29, 0.717) is 6.42 Å². The summed E-state index contributed by atoms with van der Waals surface area (Å²) in [5.74, 6) is -0.290. The molecule has 0 aromatic carbocycles. The van der Waals surface area contributed by atoms with Crippen LogP contribution in [0.2, 0.25) is 0 Å². The molecule has 1 amide bonds. The van der Waals surface area contributed by atoms with Crippen LogP contribution in [0.25, 0.3) is 0 Å². The number of amides is 1. The lowest BCUT2D eigenvalue weighted by atomic mass is 9.96. The summed E-state index contributed by atoms with van der Waals surface area (Å²) in [6.45, 7) is 1.62. The summed E-state index contributed by atoms with van der Waals surface area (Å²) in [5, 5.41) is 120. The summed E-state index contributed by atoms with van der Waals surface area (Å²) < 4.78 is 34.3. The zero-order valence-corrected chi connectivity index (χ0v) is 53.2. The van der Waals surface area contributed by atoms with Gasteiger partial charge in [0.1, 0.15) is 73.2 Å². The number of rotatable bonds is 51. The Kier molecular flexibility index (Phi) is 45.3. The second kappa shape index (κ2) is 50.1. The Hall–Kier alpha value is -2.51. The minimum Gasteiger partial charge on any atom is -0.394 e. The van der Waals surface area contributed by atoms with E-state index in [4.69, 9.17) is 28.4 Å². The molecule has 0 aliphatic carbocycles. The molecule has 17 atom stereocenters. The summed E-state index contributed by atoms with van der Waals surface area (Å²) in [4.78, 5) is 13.4. The number of unbranched alkanes of at least 4 members (excludes halogenated alkanes) is 27. The second-order valence-electron chi connectivity index (χ2n) is 24.3. The van der Waals surface area contributed by atoms with Gasteiger partial charge in [-0.05, 0) is 57.8 Å². The van der Waals surface area contributed by atoms with Gasteiger partial charge in [0.05, 0.1) is 38.6 Å². The third-order valence-corrected chi connectivity index (χ3v) is 16.8. The van der Waals surface area contributed by atoms with Crippen LogP contribution in [0.4, 0.5) is 0 Å². The van der Waals surface area contributed by atoms with E-state index in [2.05, 4.69) is 67.8 Å². The molecule has 3 rings (SSSR count). The van der Waals surface area contributed by atoms with Crippen LogP contribution in [-0.2, 0) is 33.2 Å². The Balaban J connectivity index is 1.46. The van der Waals surface area contributed by atoms with Crippen LogP contribution in [0, 0.1) is 0 Å². The Bertz CT molecular complexity index is 1820. The Morgan fingerprint density at radius 1 is 0.425 bits per heavy atom. The molecule has 3 fully saturated rings. The molecule has 3 aliphatic heterocycles. The molecular weight excluding hydrogens is 1120 g/mol. The predicted octanol–water partition coefficient (Wildman–Crippen LogP) is 8.38. The molecule has 0 saturated carbocycles. The molecule has 0 radical (unpaired) electrons. The van der Waals surface area contributed by atoms with Gasteiger partial charge in [0.2, 0.25) is 5.91 Å². The van der Waals surface area contributed by atoms with E-state index in [1.165, 1.54) is 116 Å². The summed E-state index contributed by atoms with van der Waals surface area (Å²) >= 11 is 0. The van der Waals surface area contributed by atoms with Gasteiger partial charge in [0.25, 0.3) is 0 Å².